The Hall–Kier alpha value is -3.61. The molecule has 0 saturated heterocycles. The van der Waals surface area contributed by atoms with Crippen LogP contribution in [0.5, 0.6) is 28.7 Å². The van der Waals surface area contributed by atoms with E-state index in [0.29, 0.717) is 34.8 Å². The fraction of sp³-hybridized carbons (Fsp3) is 0.261. The van der Waals surface area contributed by atoms with Gasteiger partial charge in [0, 0.05) is 23.6 Å². The van der Waals surface area contributed by atoms with Crippen LogP contribution >= 0.6 is 0 Å². The van der Waals surface area contributed by atoms with Crippen molar-refractivity contribution in [2.24, 2.45) is 0 Å². The van der Waals surface area contributed by atoms with Crippen LogP contribution in [0.2, 0.25) is 0 Å². The molecule has 2 heterocycles. The molecular formula is C23H22O7. The number of fused-ring (bicyclic) bond motifs is 2. The number of ether oxygens (including phenoxy) is 4. The quantitative estimate of drug-likeness (QED) is 0.635. The van der Waals surface area contributed by atoms with Gasteiger partial charge in [0.05, 0.1) is 21.3 Å². The molecule has 0 radical (unpaired) electrons. The van der Waals surface area contributed by atoms with Crippen LogP contribution in [-0.4, -0.2) is 32.5 Å². The fourth-order valence-corrected chi connectivity index (χ4v) is 3.65. The summed E-state index contributed by atoms with van der Waals surface area (Å²) in [5.41, 5.74) is 1.68. The van der Waals surface area contributed by atoms with Crippen LogP contribution in [0.25, 0.3) is 22.3 Å². The van der Waals surface area contributed by atoms with E-state index in [0.717, 1.165) is 5.57 Å². The van der Waals surface area contributed by atoms with Crippen LogP contribution in [0.3, 0.4) is 0 Å². The molecule has 1 unspecified atom stereocenters. The molecule has 1 aromatic heterocycles. The monoisotopic (exact) mass is 410 g/mol. The standard InChI is InChI=1S/C23H22O7/c1-11(2)15-9-13-16(29-15)10-18-19(20(13)24)21(25)23(28-5)22(30-18)12-6-7-14(26-3)17(8-12)27-4/h6-8,10,15,24H,1,9H2,2-5H3. The van der Waals surface area contributed by atoms with Gasteiger partial charge in [0.25, 0.3) is 0 Å². The molecule has 7 nitrogen and oxygen atoms in total. The zero-order valence-corrected chi connectivity index (χ0v) is 17.2. The summed E-state index contributed by atoms with van der Waals surface area (Å²) in [7, 11) is 4.44. The third kappa shape index (κ3) is 2.94. The van der Waals surface area contributed by atoms with Gasteiger partial charge in [0.15, 0.2) is 17.3 Å². The second-order valence-electron chi connectivity index (χ2n) is 7.10. The van der Waals surface area contributed by atoms with Gasteiger partial charge in [-0.25, -0.2) is 0 Å². The van der Waals surface area contributed by atoms with Crippen LogP contribution in [0.4, 0.5) is 0 Å². The maximum absolute atomic E-state index is 13.2. The molecule has 1 aliphatic heterocycles. The van der Waals surface area contributed by atoms with Gasteiger partial charge in [0.1, 0.15) is 28.6 Å². The molecule has 0 bridgehead atoms. The molecule has 2 aromatic carbocycles. The number of phenolic OH excluding ortho intramolecular Hbond substituents is 1. The highest BCUT2D eigenvalue weighted by atomic mass is 16.5. The van der Waals surface area contributed by atoms with Crippen molar-refractivity contribution in [3.63, 3.8) is 0 Å². The van der Waals surface area contributed by atoms with Crippen molar-refractivity contribution in [3.05, 3.63) is 52.2 Å². The molecule has 156 valence electrons. The molecular weight excluding hydrogens is 388 g/mol. The van der Waals surface area contributed by atoms with E-state index in [2.05, 4.69) is 6.58 Å². The van der Waals surface area contributed by atoms with E-state index in [1.807, 2.05) is 6.92 Å². The highest BCUT2D eigenvalue weighted by Gasteiger charge is 2.30. The number of hydrogen-bond acceptors (Lipinski definition) is 7. The molecule has 1 N–H and O–H groups in total. The van der Waals surface area contributed by atoms with Gasteiger partial charge in [0.2, 0.25) is 11.2 Å². The topological polar surface area (TPSA) is 87.4 Å². The predicted molar refractivity (Wildman–Crippen MR) is 112 cm³/mol. The lowest BCUT2D eigenvalue weighted by Crippen LogP contribution is -2.13. The summed E-state index contributed by atoms with van der Waals surface area (Å²) in [4.78, 5) is 13.2. The lowest BCUT2D eigenvalue weighted by atomic mass is 10.0. The molecule has 0 spiro atoms. The van der Waals surface area contributed by atoms with Gasteiger partial charge in [-0.05, 0) is 30.7 Å². The Bertz CT molecular complexity index is 1220. The molecule has 7 heteroatoms. The van der Waals surface area contributed by atoms with Crippen molar-refractivity contribution >= 4 is 11.0 Å². The number of hydrogen-bond donors (Lipinski definition) is 1. The van der Waals surface area contributed by atoms with Crippen LogP contribution in [0.15, 0.2) is 45.6 Å². The minimum atomic E-state index is -0.470. The average molecular weight is 410 g/mol. The summed E-state index contributed by atoms with van der Waals surface area (Å²) >= 11 is 0. The Morgan fingerprint density at radius 2 is 1.87 bits per heavy atom. The largest absolute Gasteiger partial charge is 0.507 e. The third-order valence-corrected chi connectivity index (χ3v) is 5.24. The summed E-state index contributed by atoms with van der Waals surface area (Å²) in [6.45, 7) is 5.77. The predicted octanol–water partition coefficient (Wildman–Crippen LogP) is 4.07. The summed E-state index contributed by atoms with van der Waals surface area (Å²) < 4.78 is 27.9. The second-order valence-corrected chi connectivity index (χ2v) is 7.10. The maximum atomic E-state index is 13.2. The van der Waals surface area contributed by atoms with Crippen molar-refractivity contribution in [3.8, 4) is 40.1 Å². The van der Waals surface area contributed by atoms with E-state index in [4.69, 9.17) is 23.4 Å². The van der Waals surface area contributed by atoms with Crippen LogP contribution in [-0.2, 0) is 6.42 Å². The Morgan fingerprint density at radius 3 is 2.50 bits per heavy atom. The van der Waals surface area contributed by atoms with Gasteiger partial charge >= 0.3 is 0 Å². The van der Waals surface area contributed by atoms with E-state index in [1.165, 1.54) is 21.3 Å². The first-order valence-electron chi connectivity index (χ1n) is 9.33. The summed E-state index contributed by atoms with van der Waals surface area (Å²) in [5.74, 6) is 1.53. The molecule has 0 amide bonds. The van der Waals surface area contributed by atoms with Crippen molar-refractivity contribution < 1.29 is 28.5 Å². The van der Waals surface area contributed by atoms with Crippen molar-refractivity contribution in [2.45, 2.75) is 19.4 Å². The lowest BCUT2D eigenvalue weighted by molar-refractivity contribution is 0.271. The van der Waals surface area contributed by atoms with Crippen molar-refractivity contribution in [1.29, 1.82) is 0 Å². The normalized spacial score (nSPS) is 14.9. The number of rotatable bonds is 5. The van der Waals surface area contributed by atoms with E-state index in [9.17, 15) is 9.90 Å². The summed E-state index contributed by atoms with van der Waals surface area (Å²) in [6, 6.07) is 6.75. The molecule has 0 saturated carbocycles. The zero-order valence-electron chi connectivity index (χ0n) is 17.2. The number of aromatic hydroxyl groups is 1. The Balaban J connectivity index is 1.97. The van der Waals surface area contributed by atoms with Gasteiger partial charge in [-0.3, -0.25) is 4.79 Å². The van der Waals surface area contributed by atoms with E-state index in [-0.39, 0.29) is 34.3 Å². The van der Waals surface area contributed by atoms with Gasteiger partial charge in [-0.1, -0.05) is 6.58 Å². The number of methoxy groups -OCH3 is 3. The molecule has 3 aromatic rings. The van der Waals surface area contributed by atoms with Crippen LogP contribution in [0.1, 0.15) is 12.5 Å². The lowest BCUT2D eigenvalue weighted by Gasteiger charge is -2.13. The fourth-order valence-electron chi connectivity index (χ4n) is 3.65. The number of benzene rings is 2. The summed E-state index contributed by atoms with van der Waals surface area (Å²) in [5, 5.41) is 10.9. The smallest absolute Gasteiger partial charge is 0.239 e. The third-order valence-electron chi connectivity index (χ3n) is 5.24. The summed E-state index contributed by atoms with van der Waals surface area (Å²) in [6.07, 6.45) is 0.177. The number of phenols is 1. The average Bonchev–Trinajstić information content (AvgIpc) is 3.17. The Morgan fingerprint density at radius 1 is 1.13 bits per heavy atom. The Labute approximate surface area is 173 Å². The molecule has 0 fully saturated rings. The van der Waals surface area contributed by atoms with Gasteiger partial charge < -0.3 is 28.5 Å². The molecule has 1 atom stereocenters. The van der Waals surface area contributed by atoms with E-state index >= 15 is 0 Å². The van der Waals surface area contributed by atoms with E-state index < -0.39 is 5.43 Å². The minimum absolute atomic E-state index is 0.0136. The first kappa shape index (κ1) is 19.7. The molecule has 0 aliphatic carbocycles. The highest BCUT2D eigenvalue weighted by molar-refractivity contribution is 5.90. The van der Waals surface area contributed by atoms with Gasteiger partial charge in [-0.2, -0.15) is 0 Å². The zero-order chi connectivity index (χ0) is 21.6. The second kappa shape index (κ2) is 7.33. The molecule has 30 heavy (non-hydrogen) atoms. The van der Waals surface area contributed by atoms with Crippen LogP contribution < -0.4 is 24.4 Å². The van der Waals surface area contributed by atoms with Crippen molar-refractivity contribution in [2.75, 3.05) is 21.3 Å². The molecule has 1 aliphatic rings. The molecule has 4 rings (SSSR count). The van der Waals surface area contributed by atoms with Gasteiger partial charge in [-0.15, -0.1) is 0 Å². The van der Waals surface area contributed by atoms with Crippen LogP contribution in [0, 0.1) is 0 Å². The minimum Gasteiger partial charge on any atom is -0.507 e. The highest BCUT2D eigenvalue weighted by Crippen LogP contribution is 2.44. The van der Waals surface area contributed by atoms with Crippen molar-refractivity contribution in [1.82, 2.24) is 0 Å². The maximum Gasteiger partial charge on any atom is 0.239 e. The first-order chi connectivity index (χ1) is 14.4. The van der Waals surface area contributed by atoms with E-state index in [1.54, 1.807) is 24.3 Å². The SMILES string of the molecule is C=C(C)C1Cc2c(cc3oc(-c4ccc(OC)c(OC)c4)c(OC)c(=O)c3c2O)O1. The first-order valence-corrected chi connectivity index (χ1v) is 9.33. The Kier molecular flexibility index (Phi) is 4.81.